The number of hydrogen-bond acceptors (Lipinski definition) is 3. The topological polar surface area (TPSA) is 42.0 Å². The van der Waals surface area contributed by atoms with E-state index in [-0.39, 0.29) is 5.91 Å². The molecule has 0 unspecified atom stereocenters. The van der Waals surface area contributed by atoms with Crippen LogP contribution in [0, 0.1) is 0 Å². The molecule has 0 fully saturated rings. The summed E-state index contributed by atoms with van der Waals surface area (Å²) in [7, 11) is 0. The van der Waals surface area contributed by atoms with Gasteiger partial charge in [-0.3, -0.25) is 4.79 Å². The molecule has 2 heterocycles. The number of hydrogen-bond donors (Lipinski definition) is 1. The number of amides is 1. The van der Waals surface area contributed by atoms with E-state index in [1.165, 1.54) is 11.8 Å². The molecule has 1 amide bonds. The third-order valence-electron chi connectivity index (χ3n) is 1.90. The van der Waals surface area contributed by atoms with Crippen molar-refractivity contribution in [2.24, 2.45) is 0 Å². The zero-order chi connectivity index (χ0) is 10.1. The maximum Gasteiger partial charge on any atom is 0.258 e. The highest BCUT2D eigenvalue weighted by atomic mass is 32.2. The number of nitrogens with zero attached hydrogens (tertiary/aromatic N) is 1. The molecule has 0 aliphatic carbocycles. The first-order valence-corrected chi connectivity index (χ1v) is 5.12. The van der Waals surface area contributed by atoms with Gasteiger partial charge in [0.15, 0.2) is 0 Å². The Morgan fingerprint density at radius 2 is 2.29 bits per heavy atom. The average Bonchev–Trinajstić information content (AvgIpc) is 2.17. The van der Waals surface area contributed by atoms with Gasteiger partial charge >= 0.3 is 0 Å². The highest BCUT2D eigenvalue weighted by Crippen LogP contribution is 2.31. The van der Waals surface area contributed by atoms with Crippen LogP contribution in [0.5, 0.6) is 0 Å². The summed E-state index contributed by atoms with van der Waals surface area (Å²) < 4.78 is 0. The molecule has 0 aromatic carbocycles. The molecule has 2 rings (SSSR count). The Morgan fingerprint density at radius 1 is 1.50 bits per heavy atom. The Balaban J connectivity index is 2.49. The molecule has 0 bridgehead atoms. The Morgan fingerprint density at radius 3 is 3.00 bits per heavy atom. The summed E-state index contributed by atoms with van der Waals surface area (Å²) in [6, 6.07) is 3.55. The molecule has 0 radical (unpaired) electrons. The van der Waals surface area contributed by atoms with Gasteiger partial charge in [-0.1, -0.05) is 11.8 Å². The van der Waals surface area contributed by atoms with Crippen molar-refractivity contribution in [2.75, 3.05) is 0 Å². The van der Waals surface area contributed by atoms with Gasteiger partial charge in [-0.25, -0.2) is 4.98 Å². The van der Waals surface area contributed by atoms with Crippen LogP contribution in [0.25, 0.3) is 0 Å². The van der Waals surface area contributed by atoms with Crippen LogP contribution in [0.3, 0.4) is 0 Å². The zero-order valence-electron chi connectivity index (χ0n) is 8.00. The van der Waals surface area contributed by atoms with E-state index in [9.17, 15) is 4.79 Å². The molecule has 14 heavy (non-hydrogen) atoms. The first-order valence-electron chi connectivity index (χ1n) is 4.30. The second kappa shape index (κ2) is 3.46. The van der Waals surface area contributed by atoms with Crippen molar-refractivity contribution in [2.45, 2.75) is 18.9 Å². The SMILES string of the molecule is CC(C)=C1NC(=O)c2cccnc2S1. The summed E-state index contributed by atoms with van der Waals surface area (Å²) in [5.41, 5.74) is 1.75. The van der Waals surface area contributed by atoms with Crippen LogP contribution in [-0.4, -0.2) is 10.9 Å². The van der Waals surface area contributed by atoms with Crippen LogP contribution in [0.15, 0.2) is 34.0 Å². The van der Waals surface area contributed by atoms with Crippen molar-refractivity contribution < 1.29 is 4.79 Å². The minimum Gasteiger partial charge on any atom is -0.316 e. The van der Waals surface area contributed by atoms with Gasteiger partial charge < -0.3 is 5.32 Å². The summed E-state index contributed by atoms with van der Waals surface area (Å²) in [5, 5.41) is 4.51. The molecular weight excluding hydrogens is 196 g/mol. The number of rotatable bonds is 0. The van der Waals surface area contributed by atoms with E-state index in [0.717, 1.165) is 15.6 Å². The maximum absolute atomic E-state index is 11.6. The third-order valence-corrected chi connectivity index (χ3v) is 3.13. The van der Waals surface area contributed by atoms with E-state index in [0.29, 0.717) is 5.56 Å². The van der Waals surface area contributed by atoms with Crippen LogP contribution in [0.1, 0.15) is 24.2 Å². The predicted octanol–water partition coefficient (Wildman–Crippen LogP) is 2.17. The fourth-order valence-corrected chi connectivity index (χ4v) is 2.09. The van der Waals surface area contributed by atoms with E-state index < -0.39 is 0 Å². The van der Waals surface area contributed by atoms with Crippen molar-refractivity contribution in [3.05, 3.63) is 34.5 Å². The van der Waals surface area contributed by atoms with Crippen LogP contribution >= 0.6 is 11.8 Å². The van der Waals surface area contributed by atoms with Crippen LogP contribution in [0.2, 0.25) is 0 Å². The summed E-state index contributed by atoms with van der Waals surface area (Å²) in [5.74, 6) is -0.0666. The van der Waals surface area contributed by atoms with Crippen molar-refractivity contribution in [1.29, 1.82) is 0 Å². The van der Waals surface area contributed by atoms with Gasteiger partial charge in [0.1, 0.15) is 5.03 Å². The number of carbonyl (C=O) groups is 1. The minimum atomic E-state index is -0.0666. The van der Waals surface area contributed by atoms with Crippen molar-refractivity contribution in [3.8, 4) is 0 Å². The standard InChI is InChI=1S/C10H10N2OS/c1-6(2)9-12-8(13)7-4-3-5-11-10(7)14-9/h3-5H,1-2H3,(H,12,13). The summed E-state index contributed by atoms with van der Waals surface area (Å²) in [4.78, 5) is 15.8. The molecule has 1 N–H and O–H groups in total. The van der Waals surface area contributed by atoms with E-state index in [4.69, 9.17) is 0 Å². The maximum atomic E-state index is 11.6. The van der Waals surface area contributed by atoms with Gasteiger partial charge in [-0.05, 0) is 31.6 Å². The van der Waals surface area contributed by atoms with Gasteiger partial charge in [0.2, 0.25) is 0 Å². The van der Waals surface area contributed by atoms with Gasteiger partial charge in [-0.15, -0.1) is 0 Å². The van der Waals surface area contributed by atoms with Gasteiger partial charge in [-0.2, -0.15) is 0 Å². The third kappa shape index (κ3) is 1.53. The number of carbonyl (C=O) groups excluding carboxylic acids is 1. The highest BCUT2D eigenvalue weighted by Gasteiger charge is 2.21. The second-order valence-corrected chi connectivity index (χ2v) is 4.24. The van der Waals surface area contributed by atoms with Crippen molar-refractivity contribution >= 4 is 17.7 Å². The molecule has 3 nitrogen and oxygen atoms in total. The van der Waals surface area contributed by atoms with E-state index in [2.05, 4.69) is 10.3 Å². The molecule has 1 aliphatic rings. The van der Waals surface area contributed by atoms with Crippen LogP contribution in [-0.2, 0) is 0 Å². The molecule has 0 spiro atoms. The largest absolute Gasteiger partial charge is 0.316 e. The minimum absolute atomic E-state index is 0.0666. The number of nitrogens with one attached hydrogen (secondary N) is 1. The fourth-order valence-electron chi connectivity index (χ4n) is 1.16. The molecule has 0 saturated carbocycles. The lowest BCUT2D eigenvalue weighted by molar-refractivity contribution is 0.0963. The molecular formula is C10H10N2OS. The molecule has 72 valence electrons. The molecule has 0 atom stereocenters. The van der Waals surface area contributed by atoms with Crippen LogP contribution < -0.4 is 5.32 Å². The van der Waals surface area contributed by atoms with Crippen molar-refractivity contribution in [3.63, 3.8) is 0 Å². The lowest BCUT2D eigenvalue weighted by Crippen LogP contribution is -2.26. The summed E-state index contributed by atoms with van der Waals surface area (Å²) in [6.45, 7) is 3.94. The average molecular weight is 206 g/mol. The number of pyridine rings is 1. The Bertz CT molecular complexity index is 422. The van der Waals surface area contributed by atoms with E-state index in [1.54, 1.807) is 18.3 Å². The number of aromatic nitrogens is 1. The molecule has 1 aromatic rings. The van der Waals surface area contributed by atoms with E-state index >= 15 is 0 Å². The molecule has 1 aliphatic heterocycles. The van der Waals surface area contributed by atoms with Crippen LogP contribution in [0.4, 0.5) is 0 Å². The Hall–Kier alpha value is -1.29. The smallest absolute Gasteiger partial charge is 0.258 e. The molecule has 1 aromatic heterocycles. The lowest BCUT2D eigenvalue weighted by Gasteiger charge is -2.18. The first kappa shape index (κ1) is 9.27. The summed E-state index contributed by atoms with van der Waals surface area (Å²) in [6.07, 6.45) is 1.70. The zero-order valence-corrected chi connectivity index (χ0v) is 8.81. The van der Waals surface area contributed by atoms with Gasteiger partial charge in [0.25, 0.3) is 5.91 Å². The molecule has 0 saturated heterocycles. The predicted molar refractivity (Wildman–Crippen MR) is 55.9 cm³/mol. The first-order chi connectivity index (χ1) is 6.68. The highest BCUT2D eigenvalue weighted by molar-refractivity contribution is 8.03. The number of thioether (sulfide) groups is 1. The number of allylic oxidation sites excluding steroid dienone is 1. The lowest BCUT2D eigenvalue weighted by atomic mass is 10.2. The summed E-state index contributed by atoms with van der Waals surface area (Å²) >= 11 is 1.51. The fraction of sp³-hybridized carbons (Fsp3) is 0.200. The van der Waals surface area contributed by atoms with E-state index in [1.807, 2.05) is 13.8 Å². The quantitative estimate of drug-likeness (QED) is 0.707. The van der Waals surface area contributed by atoms with Crippen molar-refractivity contribution in [1.82, 2.24) is 10.3 Å². The molecule has 4 heteroatoms. The Labute approximate surface area is 86.6 Å². The Kier molecular flexibility index (Phi) is 2.29. The monoisotopic (exact) mass is 206 g/mol. The second-order valence-electron chi connectivity index (χ2n) is 3.24. The number of fused-ring (bicyclic) bond motifs is 1. The normalized spacial score (nSPS) is 14.7. The van der Waals surface area contributed by atoms with Gasteiger partial charge in [0, 0.05) is 6.20 Å². The van der Waals surface area contributed by atoms with Gasteiger partial charge in [0.05, 0.1) is 10.6 Å².